The van der Waals surface area contributed by atoms with E-state index in [4.69, 9.17) is 10.5 Å². The molecule has 2 atom stereocenters. The van der Waals surface area contributed by atoms with Crippen molar-refractivity contribution in [3.05, 3.63) is 30.1 Å². The van der Waals surface area contributed by atoms with Gasteiger partial charge >= 0.3 is 0 Å². The van der Waals surface area contributed by atoms with Crippen LogP contribution in [-0.2, 0) is 0 Å². The highest BCUT2D eigenvalue weighted by atomic mass is 19.1. The number of hydrogen-bond acceptors (Lipinski definition) is 2. The summed E-state index contributed by atoms with van der Waals surface area (Å²) in [5.41, 5.74) is 5.61. The molecule has 0 spiro atoms. The van der Waals surface area contributed by atoms with Crippen LogP contribution in [0.2, 0.25) is 0 Å². The molecule has 1 aliphatic carbocycles. The molecule has 0 saturated heterocycles. The fraction of sp³-hybridized carbons (Fsp3) is 0.400. The summed E-state index contributed by atoms with van der Waals surface area (Å²) in [6, 6.07) is 6.45. The van der Waals surface area contributed by atoms with E-state index in [2.05, 4.69) is 0 Å². The molecule has 1 saturated carbocycles. The summed E-state index contributed by atoms with van der Waals surface area (Å²) in [6.45, 7) is 0.602. The van der Waals surface area contributed by atoms with Crippen molar-refractivity contribution in [2.45, 2.75) is 12.5 Å². The molecular formula is C10H12FNO. The Hall–Kier alpha value is -1.09. The maximum Gasteiger partial charge on any atom is 0.126 e. The van der Waals surface area contributed by atoms with Crippen LogP contribution in [-0.4, -0.2) is 12.6 Å². The Balaban J connectivity index is 1.87. The predicted molar refractivity (Wildman–Crippen MR) is 48.0 cm³/mol. The van der Waals surface area contributed by atoms with Crippen LogP contribution in [0.4, 0.5) is 4.39 Å². The van der Waals surface area contributed by atoms with Crippen LogP contribution in [0.1, 0.15) is 6.42 Å². The molecule has 2 unspecified atom stereocenters. The average Bonchev–Trinajstić information content (AvgIpc) is 2.79. The predicted octanol–water partition coefficient (Wildman–Crippen LogP) is 1.55. The monoisotopic (exact) mass is 181 g/mol. The van der Waals surface area contributed by atoms with Crippen LogP contribution in [0.3, 0.4) is 0 Å². The Kier molecular flexibility index (Phi) is 2.19. The number of benzene rings is 1. The third-order valence-electron chi connectivity index (χ3n) is 2.24. The molecule has 70 valence electrons. The van der Waals surface area contributed by atoms with Gasteiger partial charge in [0.25, 0.3) is 0 Å². The molecule has 1 fully saturated rings. The van der Waals surface area contributed by atoms with Crippen LogP contribution in [0, 0.1) is 11.7 Å². The normalized spacial score (nSPS) is 25.7. The first-order chi connectivity index (χ1) is 6.25. The quantitative estimate of drug-likeness (QED) is 0.767. The van der Waals surface area contributed by atoms with Gasteiger partial charge < -0.3 is 10.5 Å². The molecule has 0 aromatic heterocycles. The zero-order valence-corrected chi connectivity index (χ0v) is 7.24. The summed E-state index contributed by atoms with van der Waals surface area (Å²) in [4.78, 5) is 0. The molecule has 1 aliphatic rings. The standard InChI is InChI=1S/C10H12FNO/c11-8-2-1-3-9(5-8)13-6-7-4-10(7)12/h1-3,5,7,10H,4,6,12H2. The molecule has 1 aromatic carbocycles. The second-order valence-electron chi connectivity index (χ2n) is 3.43. The van der Waals surface area contributed by atoms with E-state index in [0.717, 1.165) is 6.42 Å². The lowest BCUT2D eigenvalue weighted by molar-refractivity contribution is 0.295. The molecule has 0 radical (unpaired) electrons. The largest absolute Gasteiger partial charge is 0.493 e. The van der Waals surface area contributed by atoms with E-state index in [9.17, 15) is 4.39 Å². The number of rotatable bonds is 3. The lowest BCUT2D eigenvalue weighted by atomic mass is 10.3. The smallest absolute Gasteiger partial charge is 0.126 e. The molecule has 1 aromatic rings. The molecule has 2 rings (SSSR count). The lowest BCUT2D eigenvalue weighted by Crippen LogP contribution is -2.08. The van der Waals surface area contributed by atoms with Gasteiger partial charge in [-0.2, -0.15) is 0 Å². The van der Waals surface area contributed by atoms with Crippen LogP contribution >= 0.6 is 0 Å². The van der Waals surface area contributed by atoms with Crippen molar-refractivity contribution >= 4 is 0 Å². The van der Waals surface area contributed by atoms with E-state index >= 15 is 0 Å². The molecule has 0 heterocycles. The van der Waals surface area contributed by atoms with Gasteiger partial charge in [-0.3, -0.25) is 0 Å². The Bertz CT molecular complexity index is 303. The second kappa shape index (κ2) is 3.34. The van der Waals surface area contributed by atoms with Crippen molar-refractivity contribution in [1.82, 2.24) is 0 Å². The molecule has 2 N–H and O–H groups in total. The Morgan fingerprint density at radius 2 is 2.31 bits per heavy atom. The first-order valence-electron chi connectivity index (χ1n) is 4.39. The molecule has 0 bridgehead atoms. The minimum atomic E-state index is -0.266. The fourth-order valence-electron chi connectivity index (χ4n) is 1.22. The van der Waals surface area contributed by atoms with Gasteiger partial charge in [-0.1, -0.05) is 6.07 Å². The fourth-order valence-corrected chi connectivity index (χ4v) is 1.22. The maximum atomic E-state index is 12.7. The van der Waals surface area contributed by atoms with Crippen molar-refractivity contribution in [3.8, 4) is 5.75 Å². The highest BCUT2D eigenvalue weighted by Gasteiger charge is 2.33. The van der Waals surface area contributed by atoms with E-state index in [1.54, 1.807) is 12.1 Å². The number of ether oxygens (including phenoxy) is 1. The van der Waals surface area contributed by atoms with E-state index in [1.807, 2.05) is 0 Å². The minimum absolute atomic E-state index is 0.266. The van der Waals surface area contributed by atoms with Gasteiger partial charge in [0.2, 0.25) is 0 Å². The summed E-state index contributed by atoms with van der Waals surface area (Å²) in [5, 5.41) is 0. The summed E-state index contributed by atoms with van der Waals surface area (Å²) < 4.78 is 18.0. The summed E-state index contributed by atoms with van der Waals surface area (Å²) in [5.74, 6) is 0.778. The van der Waals surface area contributed by atoms with Crippen LogP contribution in [0.5, 0.6) is 5.75 Å². The van der Waals surface area contributed by atoms with Crippen molar-refractivity contribution in [2.75, 3.05) is 6.61 Å². The van der Waals surface area contributed by atoms with Gasteiger partial charge in [0.05, 0.1) is 6.61 Å². The van der Waals surface area contributed by atoms with Crippen LogP contribution in [0.15, 0.2) is 24.3 Å². The van der Waals surface area contributed by atoms with E-state index in [1.165, 1.54) is 12.1 Å². The third kappa shape index (κ3) is 2.18. The molecule has 3 heteroatoms. The zero-order chi connectivity index (χ0) is 9.26. The van der Waals surface area contributed by atoms with Crippen LogP contribution < -0.4 is 10.5 Å². The summed E-state index contributed by atoms with van der Waals surface area (Å²) in [7, 11) is 0. The van der Waals surface area contributed by atoms with Gasteiger partial charge in [0.15, 0.2) is 0 Å². The number of hydrogen-bond donors (Lipinski definition) is 1. The maximum absolute atomic E-state index is 12.7. The number of nitrogens with two attached hydrogens (primary N) is 1. The van der Waals surface area contributed by atoms with Gasteiger partial charge in [-0.05, 0) is 18.6 Å². The summed E-state index contributed by atoms with van der Waals surface area (Å²) in [6.07, 6.45) is 1.02. The zero-order valence-electron chi connectivity index (χ0n) is 7.24. The second-order valence-corrected chi connectivity index (χ2v) is 3.43. The third-order valence-corrected chi connectivity index (χ3v) is 2.24. The first kappa shape index (κ1) is 8.51. The Labute approximate surface area is 76.5 Å². The molecule has 0 amide bonds. The molecule has 13 heavy (non-hydrogen) atoms. The van der Waals surface area contributed by atoms with Gasteiger partial charge in [0.1, 0.15) is 11.6 Å². The van der Waals surface area contributed by atoms with Gasteiger partial charge in [0, 0.05) is 18.0 Å². The van der Waals surface area contributed by atoms with Crippen molar-refractivity contribution in [2.24, 2.45) is 11.7 Å². The highest BCUT2D eigenvalue weighted by molar-refractivity contribution is 5.22. The van der Waals surface area contributed by atoms with Crippen LogP contribution in [0.25, 0.3) is 0 Å². The van der Waals surface area contributed by atoms with E-state index in [-0.39, 0.29) is 11.9 Å². The first-order valence-corrected chi connectivity index (χ1v) is 4.39. The SMILES string of the molecule is NC1CC1COc1cccc(F)c1. The van der Waals surface area contributed by atoms with Crippen molar-refractivity contribution in [3.63, 3.8) is 0 Å². The number of halogens is 1. The van der Waals surface area contributed by atoms with Gasteiger partial charge in [-0.15, -0.1) is 0 Å². The average molecular weight is 181 g/mol. The highest BCUT2D eigenvalue weighted by Crippen LogP contribution is 2.28. The molecule has 0 aliphatic heterocycles. The minimum Gasteiger partial charge on any atom is -0.493 e. The molecular weight excluding hydrogens is 169 g/mol. The topological polar surface area (TPSA) is 35.2 Å². The van der Waals surface area contributed by atoms with E-state index < -0.39 is 0 Å². The van der Waals surface area contributed by atoms with Crippen molar-refractivity contribution in [1.29, 1.82) is 0 Å². The summed E-state index contributed by atoms with van der Waals surface area (Å²) >= 11 is 0. The molecule has 2 nitrogen and oxygen atoms in total. The Morgan fingerprint density at radius 1 is 1.54 bits per heavy atom. The van der Waals surface area contributed by atoms with E-state index in [0.29, 0.717) is 18.3 Å². The lowest BCUT2D eigenvalue weighted by Gasteiger charge is -2.04. The van der Waals surface area contributed by atoms with Crippen molar-refractivity contribution < 1.29 is 9.13 Å². The Morgan fingerprint density at radius 3 is 2.92 bits per heavy atom. The van der Waals surface area contributed by atoms with Gasteiger partial charge in [-0.25, -0.2) is 4.39 Å².